The first-order valence-electron chi connectivity index (χ1n) is 5.96. The molecule has 0 aromatic heterocycles. The predicted molar refractivity (Wildman–Crippen MR) is 71.8 cm³/mol. The number of fused-ring (bicyclic) bond motifs is 1. The molecule has 0 aliphatic carbocycles. The Morgan fingerprint density at radius 1 is 1.17 bits per heavy atom. The Hall–Kier alpha value is -0.840. The van der Waals surface area contributed by atoms with E-state index in [2.05, 4.69) is 4.90 Å². The van der Waals surface area contributed by atoms with Gasteiger partial charge in [-0.15, -0.1) is 0 Å². The van der Waals surface area contributed by atoms with Crippen molar-refractivity contribution < 1.29 is 9.47 Å². The molecule has 0 amide bonds. The average molecular weight is 289 g/mol. The van der Waals surface area contributed by atoms with Crippen LogP contribution in [-0.4, -0.2) is 42.8 Å². The number of para-hydroxylation sites is 1. The summed E-state index contributed by atoms with van der Waals surface area (Å²) in [6.07, 6.45) is 0. The van der Waals surface area contributed by atoms with Crippen LogP contribution in [-0.2, 0) is 0 Å². The van der Waals surface area contributed by atoms with Gasteiger partial charge in [-0.05, 0) is 23.9 Å². The highest BCUT2D eigenvalue weighted by molar-refractivity contribution is 6.20. The van der Waals surface area contributed by atoms with Crippen molar-refractivity contribution in [2.24, 2.45) is 0 Å². The fraction of sp³-hybridized carbons (Fsp3) is 0.500. The number of rotatable bonds is 1. The van der Waals surface area contributed by atoms with Crippen LogP contribution in [0.1, 0.15) is 0 Å². The minimum absolute atomic E-state index is 0.382. The molecule has 1 aromatic rings. The Bertz CT molecular complexity index is 436. The lowest BCUT2D eigenvalue weighted by Gasteiger charge is -2.35. The van der Waals surface area contributed by atoms with Gasteiger partial charge < -0.3 is 14.4 Å². The van der Waals surface area contributed by atoms with Crippen molar-refractivity contribution in [3.63, 3.8) is 0 Å². The van der Waals surface area contributed by atoms with E-state index in [-0.39, 0.29) is 0 Å². The zero-order valence-electron chi connectivity index (χ0n) is 9.81. The summed E-state index contributed by atoms with van der Waals surface area (Å²) in [6, 6.07) is 5.90. The lowest BCUT2D eigenvalue weighted by molar-refractivity contribution is 0.144. The molecule has 1 aromatic carbocycles. The van der Waals surface area contributed by atoms with Gasteiger partial charge in [0.15, 0.2) is 11.5 Å². The zero-order valence-corrected chi connectivity index (χ0v) is 11.3. The average Bonchev–Trinajstić information content (AvgIpc) is 2.39. The molecule has 6 heteroatoms. The Morgan fingerprint density at radius 3 is 2.72 bits per heavy atom. The van der Waals surface area contributed by atoms with Gasteiger partial charge in [-0.25, -0.2) is 4.42 Å². The van der Waals surface area contributed by atoms with Gasteiger partial charge in [-0.1, -0.05) is 17.7 Å². The van der Waals surface area contributed by atoms with E-state index in [0.29, 0.717) is 6.61 Å². The van der Waals surface area contributed by atoms with Crippen LogP contribution in [0.15, 0.2) is 18.2 Å². The topological polar surface area (TPSA) is 24.9 Å². The quantitative estimate of drug-likeness (QED) is 0.585. The van der Waals surface area contributed by atoms with E-state index >= 15 is 0 Å². The van der Waals surface area contributed by atoms with Gasteiger partial charge in [-0.3, -0.25) is 0 Å². The van der Waals surface area contributed by atoms with E-state index in [0.717, 1.165) is 43.4 Å². The second-order valence-corrected chi connectivity index (χ2v) is 5.31. The normalized spacial score (nSPS) is 24.1. The van der Waals surface area contributed by atoms with Crippen molar-refractivity contribution in [2.75, 3.05) is 37.7 Å². The summed E-state index contributed by atoms with van der Waals surface area (Å²) in [5.74, 6) is 1.50. The number of alkyl halides is 1. The number of ether oxygens (including phenoxy) is 2. The van der Waals surface area contributed by atoms with E-state index in [1.807, 2.05) is 18.2 Å². The molecule has 2 heterocycles. The number of nitrogens with zero attached hydrogens (tertiary/aromatic N) is 2. The Balaban J connectivity index is 1.88. The first-order valence-corrected chi connectivity index (χ1v) is 6.74. The number of hydrogen-bond donors (Lipinski definition) is 0. The molecule has 0 radical (unpaired) electrons. The first-order chi connectivity index (χ1) is 8.74. The number of benzene rings is 1. The molecule has 0 saturated carbocycles. The van der Waals surface area contributed by atoms with E-state index in [9.17, 15) is 0 Å². The standard InChI is InChI=1S/C12H14Cl2N2O2/c13-11-8-17-10-3-1-2-9(12(10)18-11)15-4-6-16(14)7-5-15/h1-3,11H,4-8H2. The lowest BCUT2D eigenvalue weighted by atomic mass is 10.2. The number of halogens is 2. The van der Waals surface area contributed by atoms with Crippen molar-refractivity contribution in [3.05, 3.63) is 18.2 Å². The van der Waals surface area contributed by atoms with E-state index < -0.39 is 5.56 Å². The van der Waals surface area contributed by atoms with Gasteiger partial charge in [-0.2, -0.15) is 0 Å². The summed E-state index contributed by atoms with van der Waals surface area (Å²) in [5.41, 5.74) is 0.607. The predicted octanol–water partition coefficient (Wildman–Crippen LogP) is 2.30. The summed E-state index contributed by atoms with van der Waals surface area (Å²) in [6.45, 7) is 3.78. The van der Waals surface area contributed by atoms with Gasteiger partial charge in [0, 0.05) is 26.2 Å². The number of hydrogen-bond acceptors (Lipinski definition) is 4. The molecule has 4 nitrogen and oxygen atoms in total. The summed E-state index contributed by atoms with van der Waals surface area (Å²) < 4.78 is 13.1. The maximum absolute atomic E-state index is 5.98. The van der Waals surface area contributed by atoms with Crippen LogP contribution in [0, 0.1) is 0 Å². The number of piperazine rings is 1. The van der Waals surface area contributed by atoms with Crippen LogP contribution >= 0.6 is 23.4 Å². The Kier molecular flexibility index (Phi) is 3.41. The second kappa shape index (κ2) is 5.03. The molecule has 0 spiro atoms. The summed E-state index contributed by atoms with van der Waals surface area (Å²) >= 11 is 11.9. The summed E-state index contributed by atoms with van der Waals surface area (Å²) in [5, 5.41) is 0. The van der Waals surface area contributed by atoms with Gasteiger partial charge in [0.05, 0.1) is 5.69 Å². The molecule has 1 unspecified atom stereocenters. The largest absolute Gasteiger partial charge is 0.484 e. The lowest BCUT2D eigenvalue weighted by Crippen LogP contribution is -2.42. The molecule has 98 valence electrons. The van der Waals surface area contributed by atoms with E-state index in [1.54, 1.807) is 4.42 Å². The molecule has 3 rings (SSSR count). The first kappa shape index (κ1) is 12.2. The van der Waals surface area contributed by atoms with E-state index in [4.69, 9.17) is 32.9 Å². The highest BCUT2D eigenvalue weighted by atomic mass is 35.5. The summed E-state index contributed by atoms with van der Waals surface area (Å²) in [4.78, 5) is 2.25. The highest BCUT2D eigenvalue weighted by Crippen LogP contribution is 2.41. The van der Waals surface area contributed by atoms with Crippen LogP contribution in [0.4, 0.5) is 5.69 Å². The van der Waals surface area contributed by atoms with Gasteiger partial charge in [0.25, 0.3) is 0 Å². The maximum atomic E-state index is 5.98. The van der Waals surface area contributed by atoms with E-state index in [1.165, 1.54) is 0 Å². The van der Waals surface area contributed by atoms with Crippen molar-refractivity contribution >= 4 is 29.1 Å². The number of anilines is 1. The third-order valence-electron chi connectivity index (χ3n) is 3.14. The van der Waals surface area contributed by atoms with Crippen LogP contribution in [0.5, 0.6) is 11.5 Å². The van der Waals surface area contributed by atoms with Crippen LogP contribution in [0.3, 0.4) is 0 Å². The molecular weight excluding hydrogens is 275 g/mol. The van der Waals surface area contributed by atoms with Gasteiger partial charge in [0.1, 0.15) is 6.61 Å². The molecule has 18 heavy (non-hydrogen) atoms. The van der Waals surface area contributed by atoms with Crippen LogP contribution in [0.25, 0.3) is 0 Å². The molecule has 2 aliphatic heterocycles. The zero-order chi connectivity index (χ0) is 12.5. The highest BCUT2D eigenvalue weighted by Gasteiger charge is 2.25. The molecular formula is C12H14Cl2N2O2. The van der Waals surface area contributed by atoms with Gasteiger partial charge >= 0.3 is 0 Å². The Morgan fingerprint density at radius 2 is 1.94 bits per heavy atom. The fourth-order valence-corrected chi connectivity index (χ4v) is 2.53. The van der Waals surface area contributed by atoms with Crippen molar-refractivity contribution in [3.8, 4) is 11.5 Å². The molecule has 1 atom stereocenters. The monoisotopic (exact) mass is 288 g/mol. The Labute approximate surface area is 116 Å². The smallest absolute Gasteiger partial charge is 0.206 e. The van der Waals surface area contributed by atoms with Crippen molar-refractivity contribution in [1.82, 2.24) is 4.42 Å². The van der Waals surface area contributed by atoms with Crippen LogP contribution < -0.4 is 14.4 Å². The van der Waals surface area contributed by atoms with Crippen LogP contribution in [0.2, 0.25) is 0 Å². The molecule has 0 N–H and O–H groups in total. The minimum atomic E-state index is -0.423. The molecule has 0 bridgehead atoms. The maximum Gasteiger partial charge on any atom is 0.206 e. The third kappa shape index (κ3) is 2.32. The van der Waals surface area contributed by atoms with Crippen molar-refractivity contribution in [2.45, 2.75) is 5.56 Å². The molecule has 1 fully saturated rings. The molecule has 1 saturated heterocycles. The minimum Gasteiger partial charge on any atom is -0.484 e. The second-order valence-electron chi connectivity index (χ2n) is 4.34. The van der Waals surface area contributed by atoms with Crippen molar-refractivity contribution in [1.29, 1.82) is 0 Å². The molecule has 2 aliphatic rings. The summed E-state index contributed by atoms with van der Waals surface area (Å²) in [7, 11) is 0. The fourth-order valence-electron chi connectivity index (χ4n) is 2.23. The van der Waals surface area contributed by atoms with Gasteiger partial charge in [0.2, 0.25) is 5.56 Å². The SMILES string of the molecule is ClC1COc2cccc(N3CCN(Cl)CC3)c2O1. The third-order valence-corrected chi connectivity index (χ3v) is 3.69.